The fraction of sp³-hybridized carbons (Fsp3) is 0.318. The normalized spacial score (nSPS) is 13.3. The van der Waals surface area contributed by atoms with Crippen LogP contribution in [0.3, 0.4) is 0 Å². The highest BCUT2D eigenvalue weighted by Gasteiger charge is 2.27. The van der Waals surface area contributed by atoms with Gasteiger partial charge in [0.05, 0.1) is 24.5 Å². The van der Waals surface area contributed by atoms with Gasteiger partial charge in [-0.3, -0.25) is 9.00 Å². The second kappa shape index (κ2) is 13.2. The van der Waals surface area contributed by atoms with Crippen molar-refractivity contribution in [2.75, 3.05) is 19.5 Å². The van der Waals surface area contributed by atoms with E-state index in [2.05, 4.69) is 10.6 Å². The van der Waals surface area contributed by atoms with Crippen LogP contribution in [0, 0.1) is 0 Å². The van der Waals surface area contributed by atoms with Crippen LogP contribution in [0.1, 0.15) is 12.0 Å². The maximum Gasteiger partial charge on any atom is 0.408 e. The first kappa shape index (κ1) is 25.0. The van der Waals surface area contributed by atoms with E-state index < -0.39 is 47.5 Å². The van der Waals surface area contributed by atoms with Crippen molar-refractivity contribution in [3.8, 4) is 0 Å². The van der Waals surface area contributed by atoms with Gasteiger partial charge in [0, 0.05) is 10.6 Å². The molecule has 3 atom stereocenters. The lowest BCUT2D eigenvalue weighted by Crippen LogP contribution is -2.53. The van der Waals surface area contributed by atoms with Crippen LogP contribution in [-0.4, -0.2) is 58.8 Å². The predicted molar refractivity (Wildman–Crippen MR) is 117 cm³/mol. The van der Waals surface area contributed by atoms with Crippen molar-refractivity contribution in [3.05, 3.63) is 66.2 Å². The second-order valence-electron chi connectivity index (χ2n) is 6.68. The third-order valence-corrected chi connectivity index (χ3v) is 5.81. The molecule has 0 aliphatic heterocycles. The molecule has 0 aliphatic carbocycles. The van der Waals surface area contributed by atoms with Gasteiger partial charge < -0.3 is 25.2 Å². The molecule has 0 fully saturated rings. The number of carbonyl (C=O) groups excluding carboxylic acids is 3. The first-order valence-corrected chi connectivity index (χ1v) is 11.2. The summed E-state index contributed by atoms with van der Waals surface area (Å²) < 4.78 is 22.1. The summed E-state index contributed by atoms with van der Waals surface area (Å²) in [6.07, 6.45) is -0.862. The second-order valence-corrected chi connectivity index (χ2v) is 8.25. The summed E-state index contributed by atoms with van der Waals surface area (Å²) in [4.78, 5) is 37.2. The molecule has 10 heteroatoms. The molecule has 0 heterocycles. The summed E-state index contributed by atoms with van der Waals surface area (Å²) in [6, 6.07) is 15.2. The van der Waals surface area contributed by atoms with Crippen LogP contribution in [0.15, 0.2) is 65.6 Å². The standard InChI is InChI=1S/C22H26N2O7S/c1-30-21(27)18(12-13-32(29)17-10-6-3-7-11-17)23-20(26)19(14-25)24-22(28)31-15-16-8-4-2-5-9-16/h2-11,18-19,25H,12-15H2,1H3,(H,23,26)(H,24,28)/t18-,19-,32+/m0/s1. The van der Waals surface area contributed by atoms with Crippen molar-refractivity contribution in [1.82, 2.24) is 10.6 Å². The summed E-state index contributed by atoms with van der Waals surface area (Å²) in [5.41, 5.74) is 0.754. The van der Waals surface area contributed by atoms with Gasteiger partial charge in [0.25, 0.3) is 0 Å². The van der Waals surface area contributed by atoms with E-state index in [1.54, 1.807) is 54.6 Å². The van der Waals surface area contributed by atoms with Gasteiger partial charge in [-0.15, -0.1) is 0 Å². The van der Waals surface area contributed by atoms with Crippen molar-refractivity contribution in [1.29, 1.82) is 0 Å². The molecule has 0 aromatic heterocycles. The lowest BCUT2D eigenvalue weighted by molar-refractivity contribution is -0.145. The zero-order valence-corrected chi connectivity index (χ0v) is 18.4. The molecule has 0 unspecified atom stereocenters. The Hall–Kier alpha value is -3.24. The van der Waals surface area contributed by atoms with Gasteiger partial charge in [0.15, 0.2) is 0 Å². The lowest BCUT2D eigenvalue weighted by Gasteiger charge is -2.21. The summed E-state index contributed by atoms with van der Waals surface area (Å²) in [5, 5.41) is 14.2. The molecule has 2 rings (SSSR count). The Morgan fingerprint density at radius 2 is 1.59 bits per heavy atom. The van der Waals surface area contributed by atoms with Gasteiger partial charge in [-0.25, -0.2) is 9.59 Å². The molecule has 0 saturated carbocycles. The number of nitrogens with one attached hydrogen (secondary N) is 2. The van der Waals surface area contributed by atoms with Crippen LogP contribution in [0.5, 0.6) is 0 Å². The topological polar surface area (TPSA) is 131 Å². The van der Waals surface area contributed by atoms with Crippen molar-refractivity contribution < 1.29 is 33.2 Å². The molecular formula is C22H26N2O7S. The van der Waals surface area contributed by atoms with Crippen LogP contribution >= 0.6 is 0 Å². The molecule has 3 N–H and O–H groups in total. The third kappa shape index (κ3) is 8.12. The molecule has 0 radical (unpaired) electrons. The highest BCUT2D eigenvalue weighted by atomic mass is 32.2. The minimum Gasteiger partial charge on any atom is -0.467 e. The number of hydrogen-bond acceptors (Lipinski definition) is 7. The first-order chi connectivity index (χ1) is 15.4. The minimum atomic E-state index is -1.38. The van der Waals surface area contributed by atoms with Gasteiger partial charge in [0.2, 0.25) is 5.91 Å². The number of benzene rings is 2. The summed E-state index contributed by atoms with van der Waals surface area (Å²) in [7, 11) is -0.213. The van der Waals surface area contributed by atoms with Crippen molar-refractivity contribution in [3.63, 3.8) is 0 Å². The molecule has 2 amide bonds. The summed E-state index contributed by atoms with van der Waals surface area (Å²) >= 11 is 0. The van der Waals surface area contributed by atoms with E-state index in [4.69, 9.17) is 9.47 Å². The van der Waals surface area contributed by atoms with Gasteiger partial charge in [-0.2, -0.15) is 0 Å². The molecule has 2 aromatic rings. The quantitative estimate of drug-likeness (QED) is 0.427. The number of aliphatic hydroxyl groups is 1. The van der Waals surface area contributed by atoms with Gasteiger partial charge in [0.1, 0.15) is 18.7 Å². The maximum absolute atomic E-state index is 12.5. The number of aliphatic hydroxyl groups excluding tert-OH is 1. The Morgan fingerprint density at radius 3 is 2.19 bits per heavy atom. The summed E-state index contributed by atoms with van der Waals surface area (Å²) in [5.74, 6) is -1.43. The van der Waals surface area contributed by atoms with Gasteiger partial charge >= 0.3 is 12.1 Å². The molecule has 0 saturated heterocycles. The molecule has 9 nitrogen and oxygen atoms in total. The number of ether oxygens (including phenoxy) is 2. The number of methoxy groups -OCH3 is 1. The number of hydrogen-bond donors (Lipinski definition) is 3. The zero-order chi connectivity index (χ0) is 23.3. The molecule has 0 aliphatic rings. The van der Waals surface area contributed by atoms with Crippen LogP contribution in [0.4, 0.5) is 4.79 Å². The fourth-order valence-corrected chi connectivity index (χ4v) is 3.83. The fourth-order valence-electron chi connectivity index (χ4n) is 2.68. The smallest absolute Gasteiger partial charge is 0.408 e. The highest BCUT2D eigenvalue weighted by Crippen LogP contribution is 2.09. The van der Waals surface area contributed by atoms with Crippen LogP contribution < -0.4 is 10.6 Å². The van der Waals surface area contributed by atoms with E-state index in [0.717, 1.165) is 5.56 Å². The Kier molecular flexibility index (Phi) is 10.3. The molecular weight excluding hydrogens is 436 g/mol. The first-order valence-electron chi connectivity index (χ1n) is 9.84. The molecule has 172 valence electrons. The monoisotopic (exact) mass is 462 g/mol. The van der Waals surface area contributed by atoms with E-state index >= 15 is 0 Å². The Labute approximate surface area is 188 Å². The van der Waals surface area contributed by atoms with Crippen molar-refractivity contribution >= 4 is 28.8 Å². The summed E-state index contributed by atoms with van der Waals surface area (Å²) in [6.45, 7) is -0.724. The maximum atomic E-state index is 12.5. The number of rotatable bonds is 11. The van der Waals surface area contributed by atoms with Crippen molar-refractivity contribution in [2.45, 2.75) is 30.0 Å². The van der Waals surface area contributed by atoms with Crippen LogP contribution in [0.2, 0.25) is 0 Å². The number of amides is 2. The van der Waals surface area contributed by atoms with Gasteiger partial charge in [-0.05, 0) is 24.1 Å². The van der Waals surface area contributed by atoms with E-state index in [9.17, 15) is 23.7 Å². The number of carbonyl (C=O) groups is 3. The zero-order valence-electron chi connectivity index (χ0n) is 17.6. The number of esters is 1. The Morgan fingerprint density at radius 1 is 0.969 bits per heavy atom. The van der Waals surface area contributed by atoms with Crippen LogP contribution in [-0.2, 0) is 36.5 Å². The Bertz CT molecular complexity index is 909. The predicted octanol–water partition coefficient (Wildman–Crippen LogP) is 1.13. The van der Waals surface area contributed by atoms with E-state index in [-0.39, 0.29) is 18.8 Å². The largest absolute Gasteiger partial charge is 0.467 e. The van der Waals surface area contributed by atoms with Crippen molar-refractivity contribution in [2.24, 2.45) is 0 Å². The SMILES string of the molecule is COC(=O)[C@H](CC[S@@](=O)c1ccccc1)NC(=O)[C@H](CO)NC(=O)OCc1ccccc1. The molecule has 0 spiro atoms. The minimum absolute atomic E-state index is 0.0114. The Balaban J connectivity index is 1.90. The molecule has 2 aromatic carbocycles. The molecule has 0 bridgehead atoms. The van der Waals surface area contributed by atoms with E-state index in [1.165, 1.54) is 7.11 Å². The van der Waals surface area contributed by atoms with Gasteiger partial charge in [-0.1, -0.05) is 48.5 Å². The average Bonchev–Trinajstić information content (AvgIpc) is 2.84. The third-order valence-electron chi connectivity index (χ3n) is 4.40. The number of alkyl carbamates (subject to hydrolysis) is 1. The van der Waals surface area contributed by atoms with Crippen LogP contribution in [0.25, 0.3) is 0 Å². The van der Waals surface area contributed by atoms with E-state index in [0.29, 0.717) is 4.90 Å². The lowest BCUT2D eigenvalue weighted by atomic mass is 10.2. The molecule has 32 heavy (non-hydrogen) atoms. The highest BCUT2D eigenvalue weighted by molar-refractivity contribution is 7.85. The van der Waals surface area contributed by atoms with E-state index in [1.807, 2.05) is 6.07 Å². The average molecular weight is 463 g/mol.